The van der Waals surface area contributed by atoms with Gasteiger partial charge in [-0.05, 0) is 57.0 Å². The second-order valence-electron chi connectivity index (χ2n) is 6.69. The summed E-state index contributed by atoms with van der Waals surface area (Å²) < 4.78 is 0. The maximum Gasteiger partial charge on any atom is 0.0400 e. The summed E-state index contributed by atoms with van der Waals surface area (Å²) in [4.78, 5) is 2.36. The van der Waals surface area contributed by atoms with Gasteiger partial charge in [0.2, 0.25) is 0 Å². The van der Waals surface area contributed by atoms with E-state index in [1.54, 1.807) is 0 Å². The maximum absolute atomic E-state index is 3.58. The van der Waals surface area contributed by atoms with E-state index >= 15 is 0 Å². The monoisotopic (exact) mass is 383 g/mol. The van der Waals surface area contributed by atoms with E-state index in [9.17, 15) is 0 Å². The fourth-order valence-electron chi connectivity index (χ4n) is 3.04. The second-order valence-corrected chi connectivity index (χ2v) is 6.69. The van der Waals surface area contributed by atoms with Crippen LogP contribution in [0.2, 0.25) is 0 Å². The third-order valence-electron chi connectivity index (χ3n) is 4.55. The van der Waals surface area contributed by atoms with Gasteiger partial charge >= 0.3 is 0 Å². The normalized spacial score (nSPS) is 10.5. The molecule has 140 valence electrons. The van der Waals surface area contributed by atoms with E-state index in [2.05, 4.69) is 86.7 Å². The van der Waals surface area contributed by atoms with Crippen molar-refractivity contribution in [2.75, 3.05) is 43.9 Å². The van der Waals surface area contributed by atoms with Crippen LogP contribution in [0.5, 0.6) is 0 Å². The number of nitrogens with zero attached hydrogens (tertiary/aromatic N) is 1. The molecule has 0 saturated heterocycles. The van der Waals surface area contributed by atoms with Crippen LogP contribution in [0.25, 0.3) is 0 Å². The van der Waals surface area contributed by atoms with Gasteiger partial charge in [0.05, 0.1) is 0 Å². The van der Waals surface area contributed by atoms with Crippen LogP contribution >= 0.6 is 0 Å². The molecule has 0 aliphatic heterocycles. The third-order valence-corrected chi connectivity index (χ3v) is 4.55. The zero-order valence-corrected chi connectivity index (χ0v) is 17.0. The Balaban J connectivity index is 0.00000312. The number of likely N-dealkylation sites (N-methyl/N-ethyl adjacent to an activating group) is 1. The molecule has 25 heavy (non-hydrogen) atoms. The van der Waals surface area contributed by atoms with Gasteiger partial charge in [-0.15, -0.1) is 0 Å². The summed E-state index contributed by atoms with van der Waals surface area (Å²) in [6.45, 7) is 12.6. The minimum atomic E-state index is 0. The number of benzene rings is 2. The number of para-hydroxylation sites is 2. The molecule has 2 rings (SSSR count). The van der Waals surface area contributed by atoms with E-state index in [0.29, 0.717) is 0 Å². The molecule has 0 fully saturated rings. The smallest absolute Gasteiger partial charge is 0.0400 e. The van der Waals surface area contributed by atoms with E-state index < -0.39 is 0 Å². The molecule has 0 unspecified atom stereocenters. The summed E-state index contributed by atoms with van der Waals surface area (Å²) in [5, 5.41) is 7.15. The van der Waals surface area contributed by atoms with E-state index in [0.717, 1.165) is 26.2 Å². The average molecular weight is 384 g/mol. The molecule has 3 nitrogen and oxygen atoms in total. The Hall–Kier alpha value is -1.51. The predicted octanol–water partition coefficient (Wildman–Crippen LogP) is 4.37. The molecule has 0 aliphatic rings. The third kappa shape index (κ3) is 6.38. The first-order valence-electron chi connectivity index (χ1n) is 8.77. The molecule has 4 heteroatoms. The first-order chi connectivity index (χ1) is 11.5. The van der Waals surface area contributed by atoms with Crippen molar-refractivity contribution in [1.29, 1.82) is 0 Å². The quantitative estimate of drug-likeness (QED) is 0.662. The Morgan fingerprint density at radius 2 is 1.00 bits per heavy atom. The van der Waals surface area contributed by atoms with Crippen molar-refractivity contribution in [3.63, 3.8) is 0 Å². The van der Waals surface area contributed by atoms with Crippen molar-refractivity contribution in [2.45, 2.75) is 27.7 Å². The molecule has 2 aromatic rings. The van der Waals surface area contributed by atoms with Crippen molar-refractivity contribution < 1.29 is 16.5 Å². The Kier molecular flexibility index (Phi) is 9.03. The molecule has 0 amide bonds. The molecule has 2 N–H and O–H groups in total. The molecule has 0 spiro atoms. The largest absolute Gasteiger partial charge is 0.383 e. The summed E-state index contributed by atoms with van der Waals surface area (Å²) in [5.74, 6) is 0. The first kappa shape index (κ1) is 21.5. The summed E-state index contributed by atoms with van der Waals surface area (Å²) in [6, 6.07) is 12.9. The first-order valence-corrected chi connectivity index (χ1v) is 8.77. The average Bonchev–Trinajstić information content (AvgIpc) is 2.53. The summed E-state index contributed by atoms with van der Waals surface area (Å²) in [7, 11) is 2.18. The van der Waals surface area contributed by atoms with Crippen molar-refractivity contribution in [3.05, 3.63) is 58.7 Å². The Morgan fingerprint density at radius 1 is 0.680 bits per heavy atom. The van der Waals surface area contributed by atoms with Crippen LogP contribution in [0.1, 0.15) is 22.3 Å². The molecular weight excluding hydrogens is 353 g/mol. The Labute approximate surface area is 163 Å². The summed E-state index contributed by atoms with van der Waals surface area (Å²) in [5.41, 5.74) is 7.81. The molecule has 0 aliphatic carbocycles. The van der Waals surface area contributed by atoms with Gasteiger partial charge in [-0.1, -0.05) is 36.4 Å². The SMILES string of the molecule is Cc1cccc(C)c1NCCN(C)CCNc1c(C)cccc1C.[Ni]. The number of hydrogen-bond donors (Lipinski definition) is 2. The Bertz CT molecular complexity index is 572. The number of nitrogens with one attached hydrogen (secondary N) is 2. The van der Waals surface area contributed by atoms with Gasteiger partial charge in [0.15, 0.2) is 0 Å². The van der Waals surface area contributed by atoms with Crippen LogP contribution in [0.4, 0.5) is 11.4 Å². The van der Waals surface area contributed by atoms with E-state index in [4.69, 9.17) is 0 Å². The zero-order valence-electron chi connectivity index (χ0n) is 16.1. The van der Waals surface area contributed by atoms with Crippen molar-refractivity contribution >= 4 is 11.4 Å². The molecular formula is C21H31N3Ni. The summed E-state index contributed by atoms with van der Waals surface area (Å²) in [6.07, 6.45) is 0. The number of aryl methyl sites for hydroxylation is 4. The predicted molar refractivity (Wildman–Crippen MR) is 106 cm³/mol. The topological polar surface area (TPSA) is 27.3 Å². The van der Waals surface area contributed by atoms with Crippen LogP contribution < -0.4 is 10.6 Å². The van der Waals surface area contributed by atoms with E-state index in [1.807, 2.05) is 0 Å². The zero-order chi connectivity index (χ0) is 17.5. The van der Waals surface area contributed by atoms with Gasteiger partial charge < -0.3 is 15.5 Å². The number of rotatable bonds is 8. The van der Waals surface area contributed by atoms with Gasteiger partial charge in [-0.25, -0.2) is 0 Å². The van der Waals surface area contributed by atoms with E-state index in [-0.39, 0.29) is 16.5 Å². The fraction of sp³-hybridized carbons (Fsp3) is 0.429. The van der Waals surface area contributed by atoms with Gasteiger partial charge in [-0.3, -0.25) is 0 Å². The second kappa shape index (κ2) is 10.5. The van der Waals surface area contributed by atoms with E-state index in [1.165, 1.54) is 33.6 Å². The fourth-order valence-corrected chi connectivity index (χ4v) is 3.04. The number of anilines is 2. The molecule has 0 radical (unpaired) electrons. The molecule has 0 saturated carbocycles. The molecule has 0 heterocycles. The molecule has 0 atom stereocenters. The van der Waals surface area contributed by atoms with Crippen LogP contribution in [0, 0.1) is 27.7 Å². The van der Waals surface area contributed by atoms with Gasteiger partial charge in [0, 0.05) is 54.0 Å². The minimum absolute atomic E-state index is 0. The number of hydrogen-bond acceptors (Lipinski definition) is 3. The van der Waals surface area contributed by atoms with Crippen LogP contribution in [0.15, 0.2) is 36.4 Å². The van der Waals surface area contributed by atoms with Gasteiger partial charge in [0.1, 0.15) is 0 Å². The molecule has 2 aromatic carbocycles. The van der Waals surface area contributed by atoms with Crippen molar-refractivity contribution in [3.8, 4) is 0 Å². The standard InChI is InChI=1S/C21H31N3.Ni/c1-16-8-6-9-17(2)20(16)22-12-14-24(5)15-13-23-21-18(3)10-7-11-19(21)4;/h6-11,22-23H,12-15H2,1-5H3;. The summed E-state index contributed by atoms with van der Waals surface area (Å²) >= 11 is 0. The maximum atomic E-state index is 3.58. The van der Waals surface area contributed by atoms with Crippen molar-refractivity contribution in [2.24, 2.45) is 0 Å². The van der Waals surface area contributed by atoms with Crippen molar-refractivity contribution in [1.82, 2.24) is 4.90 Å². The van der Waals surface area contributed by atoms with Crippen LogP contribution in [-0.2, 0) is 16.5 Å². The molecule has 0 aromatic heterocycles. The van der Waals surface area contributed by atoms with Crippen LogP contribution in [-0.4, -0.2) is 38.1 Å². The molecule has 0 bridgehead atoms. The van der Waals surface area contributed by atoms with Crippen LogP contribution in [0.3, 0.4) is 0 Å². The van der Waals surface area contributed by atoms with Gasteiger partial charge in [0.25, 0.3) is 0 Å². The Morgan fingerprint density at radius 3 is 1.32 bits per heavy atom. The van der Waals surface area contributed by atoms with Gasteiger partial charge in [-0.2, -0.15) is 0 Å². The minimum Gasteiger partial charge on any atom is -0.383 e.